The van der Waals surface area contributed by atoms with Crippen molar-refractivity contribution in [2.24, 2.45) is 0 Å². The van der Waals surface area contributed by atoms with E-state index < -0.39 is 28.4 Å². The van der Waals surface area contributed by atoms with Crippen LogP contribution in [0, 0.1) is 13.8 Å². The van der Waals surface area contributed by atoms with Crippen LogP contribution in [0.4, 0.5) is 24.5 Å². The van der Waals surface area contributed by atoms with Crippen molar-refractivity contribution in [1.82, 2.24) is 10.8 Å². The molecule has 0 amide bonds. The Morgan fingerprint density at radius 2 is 1.64 bits per heavy atom. The summed E-state index contributed by atoms with van der Waals surface area (Å²) in [6.45, 7) is 6.15. The number of nitrogens with zero attached hydrogens (tertiary/aromatic N) is 1. The van der Waals surface area contributed by atoms with Crippen molar-refractivity contribution in [2.75, 3.05) is 18.0 Å². The van der Waals surface area contributed by atoms with Crippen molar-refractivity contribution >= 4 is 34.2 Å². The van der Waals surface area contributed by atoms with Gasteiger partial charge in [0.2, 0.25) is 0 Å². The Bertz CT molecular complexity index is 1240. The lowest BCUT2D eigenvalue weighted by molar-refractivity contribution is -0.253. The van der Waals surface area contributed by atoms with Gasteiger partial charge in [-0.2, -0.15) is 18.7 Å². The zero-order valence-electron chi connectivity index (χ0n) is 19.7. The van der Waals surface area contributed by atoms with Crippen LogP contribution in [0.5, 0.6) is 0 Å². The molecular formula is C25H26F3N3O3S2. The van der Waals surface area contributed by atoms with Gasteiger partial charge in [-0.3, -0.25) is 0 Å². The van der Waals surface area contributed by atoms with E-state index in [-0.39, 0.29) is 6.54 Å². The first-order chi connectivity index (χ1) is 17.3. The molecule has 1 atom stereocenters. The number of para-hydroxylation sites is 1. The lowest BCUT2D eigenvalue weighted by atomic mass is 10.1. The number of nitrogens with one attached hydrogen (secondary N) is 2. The topological polar surface area (TPSA) is 62.8 Å². The molecule has 1 aliphatic rings. The molecule has 11 heteroatoms. The number of hydrogen-bond acceptors (Lipinski definition) is 7. The van der Waals surface area contributed by atoms with Crippen molar-refractivity contribution in [3.05, 3.63) is 82.9 Å². The fourth-order valence-corrected chi connectivity index (χ4v) is 5.67. The highest BCUT2D eigenvalue weighted by Crippen LogP contribution is 2.44. The second-order valence-electron chi connectivity index (χ2n) is 8.19. The molecule has 0 fully saturated rings. The summed E-state index contributed by atoms with van der Waals surface area (Å²) in [5.74, 6) is 0. The fraction of sp³-hybridized carbons (Fsp3) is 0.280. The maximum Gasteiger partial charge on any atom is 0.471 e. The number of alkyl halides is 3. The molecule has 1 aliphatic heterocycles. The van der Waals surface area contributed by atoms with Crippen LogP contribution < -0.4 is 15.7 Å². The van der Waals surface area contributed by atoms with E-state index in [1.165, 1.54) is 0 Å². The molecule has 36 heavy (non-hydrogen) atoms. The van der Waals surface area contributed by atoms with Gasteiger partial charge >= 0.3 is 5.51 Å². The molecule has 0 saturated heterocycles. The summed E-state index contributed by atoms with van der Waals surface area (Å²) in [7, 11) is -1.23. The number of fused-ring (bicyclic) bond motifs is 2. The standard InChI is InChI=1S/C25H26F3N3O3S2/c1-17-11-12-23-24(18(17)2)31(21-9-5-6-10-22(21)36(23)32)14-13-29-15-19-7-3-4-8-20(19)16-30-33-34-35-25(26,27)28/h3-12,29-30H,13-16H2,1-2H3. The maximum atomic E-state index is 13.2. The smallest absolute Gasteiger partial charge is 0.338 e. The normalized spacial score (nSPS) is 15.0. The number of anilines is 2. The second-order valence-corrected chi connectivity index (χ2v) is 10.4. The van der Waals surface area contributed by atoms with E-state index in [0.717, 1.165) is 43.4 Å². The average molecular weight is 538 g/mol. The Morgan fingerprint density at radius 1 is 0.944 bits per heavy atom. The van der Waals surface area contributed by atoms with Gasteiger partial charge in [0.25, 0.3) is 0 Å². The summed E-state index contributed by atoms with van der Waals surface area (Å²) in [5, 5.41) is 3.45. The minimum absolute atomic E-state index is 0.174. The van der Waals surface area contributed by atoms with Crippen LogP contribution in [-0.2, 0) is 33.2 Å². The van der Waals surface area contributed by atoms with Crippen molar-refractivity contribution in [3.8, 4) is 0 Å². The number of halogens is 3. The predicted molar refractivity (Wildman–Crippen MR) is 135 cm³/mol. The molecule has 0 saturated carbocycles. The van der Waals surface area contributed by atoms with Crippen molar-refractivity contribution < 1.29 is 26.7 Å². The number of benzene rings is 3. The van der Waals surface area contributed by atoms with Crippen LogP contribution in [-0.4, -0.2) is 22.8 Å². The first-order valence-corrected chi connectivity index (χ1v) is 13.1. The van der Waals surface area contributed by atoms with Crippen LogP contribution in [0.25, 0.3) is 0 Å². The van der Waals surface area contributed by atoms with Gasteiger partial charge < -0.3 is 10.2 Å². The summed E-state index contributed by atoms with van der Waals surface area (Å²) in [5.41, 5.74) is 3.88. The van der Waals surface area contributed by atoms with Gasteiger partial charge in [0.1, 0.15) is 12.0 Å². The largest absolute Gasteiger partial charge is 0.471 e. The quantitative estimate of drug-likeness (QED) is 0.146. The van der Waals surface area contributed by atoms with Crippen LogP contribution in [0.2, 0.25) is 0 Å². The zero-order chi connectivity index (χ0) is 25.7. The molecule has 0 aliphatic carbocycles. The van der Waals surface area contributed by atoms with Gasteiger partial charge in [-0.15, -0.1) is 9.32 Å². The number of hydrogen-bond donors (Lipinski definition) is 2. The van der Waals surface area contributed by atoms with E-state index in [0.29, 0.717) is 19.6 Å². The predicted octanol–water partition coefficient (Wildman–Crippen LogP) is 5.83. The zero-order valence-corrected chi connectivity index (χ0v) is 21.4. The first kappa shape index (κ1) is 26.6. The molecule has 2 N–H and O–H groups in total. The van der Waals surface area contributed by atoms with E-state index >= 15 is 0 Å². The average Bonchev–Trinajstić information content (AvgIpc) is 2.85. The fourth-order valence-electron chi connectivity index (χ4n) is 4.07. The number of hydroxylamine groups is 1. The molecule has 0 aromatic heterocycles. The van der Waals surface area contributed by atoms with Gasteiger partial charge in [-0.1, -0.05) is 42.5 Å². The van der Waals surface area contributed by atoms with E-state index in [2.05, 4.69) is 38.9 Å². The highest BCUT2D eigenvalue weighted by atomic mass is 32.2. The maximum absolute atomic E-state index is 13.2. The molecule has 1 heterocycles. The summed E-state index contributed by atoms with van der Waals surface area (Å²) in [6, 6.07) is 19.3. The van der Waals surface area contributed by atoms with Gasteiger partial charge in [-0.25, -0.2) is 4.21 Å². The Kier molecular flexibility index (Phi) is 8.70. The summed E-state index contributed by atoms with van der Waals surface area (Å²) < 4.78 is 53.6. The van der Waals surface area contributed by atoms with Crippen LogP contribution in [0.1, 0.15) is 22.3 Å². The van der Waals surface area contributed by atoms with Crippen molar-refractivity contribution in [1.29, 1.82) is 0 Å². The second kappa shape index (κ2) is 11.8. The number of aryl methyl sites for hydroxylation is 1. The summed E-state index contributed by atoms with van der Waals surface area (Å²) in [6.07, 6.45) is 0. The monoisotopic (exact) mass is 537 g/mol. The molecule has 3 aromatic rings. The lowest BCUT2D eigenvalue weighted by Crippen LogP contribution is -2.32. The molecule has 4 rings (SSSR count). The van der Waals surface area contributed by atoms with Gasteiger partial charge in [0.15, 0.2) is 0 Å². The Balaban J connectivity index is 1.39. The lowest BCUT2D eigenvalue weighted by Gasteiger charge is -2.34. The molecule has 3 aromatic carbocycles. The van der Waals surface area contributed by atoms with E-state index in [1.54, 1.807) is 0 Å². The molecule has 0 spiro atoms. The summed E-state index contributed by atoms with van der Waals surface area (Å²) >= 11 is -0.725. The van der Waals surface area contributed by atoms with E-state index in [4.69, 9.17) is 0 Å². The van der Waals surface area contributed by atoms with Gasteiger partial charge in [-0.05, 0) is 54.3 Å². The third-order valence-corrected chi connectivity index (χ3v) is 7.72. The van der Waals surface area contributed by atoms with Crippen LogP contribution in [0.3, 0.4) is 0 Å². The SMILES string of the molecule is Cc1ccc2c(c1C)N(CCNCc1ccccc1CNOOSC(F)(F)F)c1ccccc1S2=O. The molecular weight excluding hydrogens is 511 g/mol. The Morgan fingerprint density at radius 3 is 2.39 bits per heavy atom. The number of rotatable bonds is 10. The Hall–Kier alpha value is -2.41. The molecule has 192 valence electrons. The van der Waals surface area contributed by atoms with Crippen LogP contribution >= 0.6 is 12.0 Å². The minimum Gasteiger partial charge on any atom is -0.338 e. The highest BCUT2D eigenvalue weighted by Gasteiger charge is 2.31. The third-order valence-electron chi connectivity index (χ3n) is 5.92. The Labute approximate surface area is 214 Å². The molecule has 6 nitrogen and oxygen atoms in total. The van der Waals surface area contributed by atoms with E-state index in [9.17, 15) is 17.4 Å². The summed E-state index contributed by atoms with van der Waals surface area (Å²) in [4.78, 5) is 8.25. The minimum atomic E-state index is -4.54. The van der Waals surface area contributed by atoms with Crippen molar-refractivity contribution in [2.45, 2.75) is 42.2 Å². The first-order valence-electron chi connectivity index (χ1n) is 11.2. The van der Waals surface area contributed by atoms with E-state index in [1.807, 2.05) is 60.7 Å². The molecule has 0 bridgehead atoms. The molecule has 1 unspecified atom stereocenters. The van der Waals surface area contributed by atoms with Gasteiger partial charge in [0.05, 0.1) is 32.0 Å². The molecule has 0 radical (unpaired) electrons. The highest BCUT2D eigenvalue weighted by molar-refractivity contribution is 7.95. The van der Waals surface area contributed by atoms with Crippen molar-refractivity contribution in [3.63, 3.8) is 0 Å². The van der Waals surface area contributed by atoms with Crippen LogP contribution in [0.15, 0.2) is 70.5 Å². The van der Waals surface area contributed by atoms with Gasteiger partial charge in [0, 0.05) is 26.2 Å². The third kappa shape index (κ3) is 6.28.